The van der Waals surface area contributed by atoms with E-state index >= 15 is 0 Å². The van der Waals surface area contributed by atoms with Crippen molar-refractivity contribution in [2.45, 2.75) is 0 Å². The largest absolute Gasteiger partial charge is 0.466 e. The molecular formula is C8H9NO3. The second kappa shape index (κ2) is 3.61. The Bertz CT molecular complexity index is 287. The van der Waals surface area contributed by atoms with E-state index in [9.17, 15) is 4.79 Å². The highest BCUT2D eigenvalue weighted by Gasteiger charge is 2.01. The van der Waals surface area contributed by atoms with Crippen LogP contribution in [0.15, 0.2) is 28.9 Å². The van der Waals surface area contributed by atoms with Gasteiger partial charge >= 0.3 is 5.97 Å². The Morgan fingerprint density at radius 1 is 1.75 bits per heavy atom. The topological polar surface area (TPSA) is 65.5 Å². The van der Waals surface area contributed by atoms with Crippen LogP contribution in [0.3, 0.4) is 0 Å². The van der Waals surface area contributed by atoms with Crippen LogP contribution in [0, 0.1) is 0 Å². The molecule has 1 aromatic heterocycles. The molecule has 0 fully saturated rings. The fourth-order valence-corrected chi connectivity index (χ4v) is 0.700. The van der Waals surface area contributed by atoms with Crippen molar-refractivity contribution < 1.29 is 13.9 Å². The van der Waals surface area contributed by atoms with Gasteiger partial charge in [-0.25, -0.2) is 4.79 Å². The van der Waals surface area contributed by atoms with Crippen LogP contribution in [0.2, 0.25) is 0 Å². The number of carbonyl (C=O) groups excluding carboxylic acids is 1. The summed E-state index contributed by atoms with van der Waals surface area (Å²) in [5.41, 5.74) is 5.74. The molecule has 64 valence electrons. The number of carbonyl (C=O) groups is 1. The highest BCUT2D eigenvalue weighted by Crippen LogP contribution is 2.08. The standard InChI is InChI=1S/C8H9NO3/c1-11-8(10)5-6(9)7-3-2-4-12-7/h2-5H,9H2,1H3/b6-5-. The molecule has 0 aliphatic heterocycles. The molecule has 0 amide bonds. The first-order valence-electron chi connectivity index (χ1n) is 3.33. The number of methoxy groups -OCH3 is 1. The fourth-order valence-electron chi connectivity index (χ4n) is 0.700. The SMILES string of the molecule is COC(=O)/C=C(\N)c1ccco1. The summed E-state index contributed by atoms with van der Waals surface area (Å²) in [6.07, 6.45) is 2.64. The van der Waals surface area contributed by atoms with Gasteiger partial charge in [0.15, 0.2) is 0 Å². The molecule has 1 aromatic rings. The molecule has 12 heavy (non-hydrogen) atoms. The predicted octanol–water partition coefficient (Wildman–Crippen LogP) is 0.752. The molecule has 0 bridgehead atoms. The fraction of sp³-hybridized carbons (Fsp3) is 0.125. The summed E-state index contributed by atoms with van der Waals surface area (Å²) in [5.74, 6) is -0.0377. The normalized spacial score (nSPS) is 11.2. The molecule has 1 rings (SSSR count). The van der Waals surface area contributed by atoms with Gasteiger partial charge in [-0.05, 0) is 12.1 Å². The molecule has 0 atom stereocenters. The van der Waals surface area contributed by atoms with E-state index in [2.05, 4.69) is 4.74 Å². The van der Waals surface area contributed by atoms with Gasteiger partial charge in [0.2, 0.25) is 0 Å². The number of hydrogen-bond acceptors (Lipinski definition) is 4. The van der Waals surface area contributed by atoms with Gasteiger partial charge in [-0.3, -0.25) is 0 Å². The quantitative estimate of drug-likeness (QED) is 0.521. The molecule has 4 nitrogen and oxygen atoms in total. The molecule has 2 N–H and O–H groups in total. The third-order valence-corrected chi connectivity index (χ3v) is 1.28. The number of rotatable bonds is 2. The summed E-state index contributed by atoms with van der Waals surface area (Å²) in [6.45, 7) is 0. The Hall–Kier alpha value is -1.71. The van der Waals surface area contributed by atoms with E-state index < -0.39 is 5.97 Å². The van der Waals surface area contributed by atoms with Crippen molar-refractivity contribution in [2.75, 3.05) is 7.11 Å². The zero-order chi connectivity index (χ0) is 8.97. The number of ether oxygens (including phenoxy) is 1. The van der Waals surface area contributed by atoms with Crippen LogP contribution in [0.1, 0.15) is 5.76 Å². The Balaban J connectivity index is 2.77. The minimum Gasteiger partial charge on any atom is -0.466 e. The molecular weight excluding hydrogens is 158 g/mol. The molecule has 4 heteroatoms. The second-order valence-electron chi connectivity index (χ2n) is 2.10. The maximum Gasteiger partial charge on any atom is 0.332 e. The molecule has 0 spiro atoms. The minimum absolute atomic E-state index is 0.256. The minimum atomic E-state index is -0.496. The lowest BCUT2D eigenvalue weighted by Crippen LogP contribution is -2.01. The van der Waals surface area contributed by atoms with Crippen LogP contribution in [0.5, 0.6) is 0 Å². The van der Waals surface area contributed by atoms with E-state index in [1.165, 1.54) is 19.4 Å². The van der Waals surface area contributed by atoms with Gasteiger partial charge < -0.3 is 14.9 Å². The summed E-state index contributed by atoms with van der Waals surface area (Å²) >= 11 is 0. The van der Waals surface area contributed by atoms with Gasteiger partial charge in [0.05, 0.1) is 25.1 Å². The average Bonchev–Trinajstić information content (AvgIpc) is 2.56. The molecule has 0 unspecified atom stereocenters. The maximum atomic E-state index is 10.7. The van der Waals surface area contributed by atoms with E-state index in [1.54, 1.807) is 12.1 Å². The van der Waals surface area contributed by atoms with E-state index in [-0.39, 0.29) is 5.70 Å². The summed E-state index contributed by atoms with van der Waals surface area (Å²) in [6, 6.07) is 3.35. The smallest absolute Gasteiger partial charge is 0.332 e. The molecule has 0 aromatic carbocycles. The molecule has 0 saturated heterocycles. The van der Waals surface area contributed by atoms with Crippen molar-refractivity contribution >= 4 is 11.7 Å². The van der Waals surface area contributed by atoms with Gasteiger partial charge in [0.1, 0.15) is 5.76 Å². The van der Waals surface area contributed by atoms with Crippen molar-refractivity contribution in [3.05, 3.63) is 30.2 Å². The van der Waals surface area contributed by atoms with Gasteiger partial charge in [-0.15, -0.1) is 0 Å². The first-order chi connectivity index (χ1) is 5.74. The Morgan fingerprint density at radius 2 is 2.50 bits per heavy atom. The predicted molar refractivity (Wildman–Crippen MR) is 42.9 cm³/mol. The number of esters is 1. The van der Waals surface area contributed by atoms with Crippen LogP contribution in [-0.4, -0.2) is 13.1 Å². The van der Waals surface area contributed by atoms with Crippen LogP contribution in [0.25, 0.3) is 5.70 Å². The van der Waals surface area contributed by atoms with Crippen molar-refractivity contribution in [1.29, 1.82) is 0 Å². The highest BCUT2D eigenvalue weighted by molar-refractivity contribution is 5.89. The number of nitrogens with two attached hydrogens (primary N) is 1. The molecule has 1 heterocycles. The third kappa shape index (κ3) is 1.88. The first-order valence-corrected chi connectivity index (χ1v) is 3.33. The summed E-state index contributed by atoms with van der Waals surface area (Å²) in [5, 5.41) is 0. The number of hydrogen-bond donors (Lipinski definition) is 1. The van der Waals surface area contributed by atoms with E-state index in [1.807, 2.05) is 0 Å². The van der Waals surface area contributed by atoms with E-state index in [0.717, 1.165) is 0 Å². The zero-order valence-electron chi connectivity index (χ0n) is 6.61. The monoisotopic (exact) mass is 167 g/mol. The van der Waals surface area contributed by atoms with Crippen LogP contribution >= 0.6 is 0 Å². The second-order valence-corrected chi connectivity index (χ2v) is 2.10. The van der Waals surface area contributed by atoms with Gasteiger partial charge in [0, 0.05) is 0 Å². The first kappa shape index (κ1) is 8.39. The Morgan fingerprint density at radius 3 is 3.00 bits per heavy atom. The van der Waals surface area contributed by atoms with Crippen LogP contribution in [-0.2, 0) is 9.53 Å². The third-order valence-electron chi connectivity index (χ3n) is 1.28. The van der Waals surface area contributed by atoms with Crippen molar-refractivity contribution in [2.24, 2.45) is 5.73 Å². The maximum absolute atomic E-state index is 10.7. The Labute approximate surface area is 69.6 Å². The molecule has 0 saturated carbocycles. The summed E-state index contributed by atoms with van der Waals surface area (Å²) < 4.78 is 9.32. The summed E-state index contributed by atoms with van der Waals surface area (Å²) in [7, 11) is 1.29. The van der Waals surface area contributed by atoms with Crippen molar-refractivity contribution in [3.63, 3.8) is 0 Å². The van der Waals surface area contributed by atoms with Crippen LogP contribution < -0.4 is 5.73 Å². The summed E-state index contributed by atoms with van der Waals surface area (Å²) in [4.78, 5) is 10.7. The highest BCUT2D eigenvalue weighted by atomic mass is 16.5. The van der Waals surface area contributed by atoms with Crippen LogP contribution in [0.4, 0.5) is 0 Å². The van der Waals surface area contributed by atoms with Crippen molar-refractivity contribution in [1.82, 2.24) is 0 Å². The zero-order valence-corrected chi connectivity index (χ0v) is 6.61. The van der Waals surface area contributed by atoms with Gasteiger partial charge in [-0.2, -0.15) is 0 Å². The van der Waals surface area contributed by atoms with Gasteiger partial charge in [-0.1, -0.05) is 0 Å². The molecule has 0 aliphatic carbocycles. The Kier molecular flexibility index (Phi) is 2.53. The van der Waals surface area contributed by atoms with Gasteiger partial charge in [0.25, 0.3) is 0 Å². The van der Waals surface area contributed by atoms with E-state index in [4.69, 9.17) is 10.2 Å². The average molecular weight is 167 g/mol. The van der Waals surface area contributed by atoms with Crippen molar-refractivity contribution in [3.8, 4) is 0 Å². The molecule has 0 radical (unpaired) electrons. The molecule has 0 aliphatic rings. The lowest BCUT2D eigenvalue weighted by molar-refractivity contribution is -0.134. The number of furan rings is 1. The lowest BCUT2D eigenvalue weighted by atomic mass is 10.3. The lowest BCUT2D eigenvalue weighted by Gasteiger charge is -1.94. The van der Waals surface area contributed by atoms with E-state index in [0.29, 0.717) is 5.76 Å².